The summed E-state index contributed by atoms with van der Waals surface area (Å²) in [6.07, 6.45) is 0. The van der Waals surface area contributed by atoms with Gasteiger partial charge in [-0.25, -0.2) is 9.97 Å². The first-order valence-electron chi connectivity index (χ1n) is 17.2. The summed E-state index contributed by atoms with van der Waals surface area (Å²) in [5, 5.41) is 4.92. The largest absolute Gasteiger partial charge is 0.228 e. The van der Waals surface area contributed by atoms with Gasteiger partial charge in [-0.2, -0.15) is 0 Å². The van der Waals surface area contributed by atoms with Gasteiger partial charge in [0.25, 0.3) is 0 Å². The fourth-order valence-corrected chi connectivity index (χ4v) is 9.14. The van der Waals surface area contributed by atoms with Crippen LogP contribution < -0.4 is 0 Å². The van der Waals surface area contributed by atoms with E-state index in [9.17, 15) is 0 Å². The molecule has 0 saturated heterocycles. The van der Waals surface area contributed by atoms with Gasteiger partial charge in [0.2, 0.25) is 0 Å². The molecule has 0 radical (unpaired) electrons. The number of hydrogen-bond donors (Lipinski definition) is 0. The maximum absolute atomic E-state index is 5.29. The van der Waals surface area contributed by atoms with Crippen LogP contribution in [0.2, 0.25) is 0 Å². The zero-order valence-electron chi connectivity index (χ0n) is 27.8. The Morgan fingerprint density at radius 1 is 0.400 bits per heavy atom. The van der Waals surface area contributed by atoms with Gasteiger partial charge in [-0.15, -0.1) is 11.3 Å². The zero-order valence-corrected chi connectivity index (χ0v) is 28.6. The summed E-state index contributed by atoms with van der Waals surface area (Å²) in [6, 6.07) is 57.0. The molecule has 7 aromatic carbocycles. The second kappa shape index (κ2) is 11.1. The second-order valence-corrected chi connectivity index (χ2v) is 14.9. The van der Waals surface area contributed by atoms with Crippen LogP contribution in [-0.2, 0) is 5.41 Å². The molecular weight excluding hydrogens is 625 g/mol. The first-order valence-corrected chi connectivity index (χ1v) is 18.0. The lowest BCUT2D eigenvalue weighted by molar-refractivity contribution is 0.660. The average Bonchev–Trinajstić information content (AvgIpc) is 3.65. The lowest BCUT2D eigenvalue weighted by Crippen LogP contribution is -2.14. The Balaban J connectivity index is 1.15. The van der Waals surface area contributed by atoms with Gasteiger partial charge in [0, 0.05) is 42.3 Å². The third kappa shape index (κ3) is 4.47. The molecule has 1 aliphatic rings. The van der Waals surface area contributed by atoms with E-state index in [4.69, 9.17) is 9.97 Å². The topological polar surface area (TPSA) is 25.8 Å². The molecule has 0 atom stereocenters. The SMILES string of the molecule is CC1(C)c2ccccc2-c2cc(-c3ccc(-c4nc(-c5ccccc5)cc(-c5ccc6c(c5)sc5ccccc56)n4)c4ccccc34)ccc21. The van der Waals surface area contributed by atoms with E-state index in [0.29, 0.717) is 0 Å². The van der Waals surface area contributed by atoms with Crippen LogP contribution in [0.1, 0.15) is 25.0 Å². The molecule has 2 aromatic heterocycles. The van der Waals surface area contributed by atoms with Crippen LogP contribution in [0.25, 0.3) is 87.1 Å². The summed E-state index contributed by atoms with van der Waals surface area (Å²) in [5.41, 5.74) is 12.9. The van der Waals surface area contributed by atoms with Gasteiger partial charge >= 0.3 is 0 Å². The van der Waals surface area contributed by atoms with E-state index in [-0.39, 0.29) is 5.41 Å². The molecule has 0 unspecified atom stereocenters. The summed E-state index contributed by atoms with van der Waals surface area (Å²) < 4.78 is 2.57. The third-order valence-electron chi connectivity index (χ3n) is 10.5. The minimum atomic E-state index is -0.0172. The molecule has 0 spiro atoms. The molecule has 2 nitrogen and oxygen atoms in total. The van der Waals surface area contributed by atoms with Gasteiger partial charge in [-0.05, 0) is 74.5 Å². The van der Waals surface area contributed by atoms with Crippen LogP contribution in [-0.4, -0.2) is 9.97 Å². The van der Waals surface area contributed by atoms with Crippen molar-refractivity contribution >= 4 is 42.3 Å². The van der Waals surface area contributed by atoms with Crippen molar-refractivity contribution in [2.45, 2.75) is 19.3 Å². The van der Waals surface area contributed by atoms with Crippen LogP contribution in [0, 0.1) is 0 Å². The van der Waals surface area contributed by atoms with E-state index in [1.165, 1.54) is 58.9 Å². The number of thiophene rings is 1. The molecule has 0 N–H and O–H groups in total. The number of fused-ring (bicyclic) bond motifs is 7. The molecule has 0 saturated carbocycles. The van der Waals surface area contributed by atoms with Crippen LogP contribution in [0.4, 0.5) is 0 Å². The number of benzene rings is 7. The maximum atomic E-state index is 5.29. The summed E-state index contributed by atoms with van der Waals surface area (Å²) >= 11 is 1.83. The molecule has 0 bridgehead atoms. The van der Waals surface area contributed by atoms with Crippen molar-refractivity contribution in [1.29, 1.82) is 0 Å². The maximum Gasteiger partial charge on any atom is 0.161 e. The normalized spacial score (nSPS) is 13.2. The number of rotatable bonds is 4. The fourth-order valence-electron chi connectivity index (χ4n) is 7.99. The Hall–Kier alpha value is -5.90. The van der Waals surface area contributed by atoms with Gasteiger partial charge in [0.1, 0.15) is 0 Å². The average molecular weight is 657 g/mol. The minimum Gasteiger partial charge on any atom is -0.228 e. The van der Waals surface area contributed by atoms with Gasteiger partial charge < -0.3 is 0 Å². The molecule has 3 heteroatoms. The Kier molecular flexibility index (Phi) is 6.43. The quantitative estimate of drug-likeness (QED) is 0.188. The molecule has 0 fully saturated rings. The number of aromatic nitrogens is 2. The minimum absolute atomic E-state index is 0.0172. The highest BCUT2D eigenvalue weighted by Crippen LogP contribution is 2.50. The molecule has 1 aliphatic carbocycles. The van der Waals surface area contributed by atoms with Gasteiger partial charge in [0.15, 0.2) is 5.82 Å². The van der Waals surface area contributed by atoms with Crippen LogP contribution in [0.3, 0.4) is 0 Å². The Morgan fingerprint density at radius 3 is 1.86 bits per heavy atom. The number of hydrogen-bond acceptors (Lipinski definition) is 3. The van der Waals surface area contributed by atoms with E-state index in [1.807, 2.05) is 17.4 Å². The highest BCUT2D eigenvalue weighted by atomic mass is 32.1. The molecule has 50 heavy (non-hydrogen) atoms. The predicted octanol–water partition coefficient (Wildman–Crippen LogP) is 13.0. The Morgan fingerprint density at radius 2 is 1.02 bits per heavy atom. The number of nitrogens with zero attached hydrogens (tertiary/aromatic N) is 2. The van der Waals surface area contributed by atoms with Crippen LogP contribution in [0.5, 0.6) is 0 Å². The summed E-state index contributed by atoms with van der Waals surface area (Å²) in [6.45, 7) is 4.67. The van der Waals surface area contributed by atoms with Crippen molar-refractivity contribution in [3.8, 4) is 56.2 Å². The molecule has 10 rings (SSSR count). The first kappa shape index (κ1) is 29.1. The van der Waals surface area contributed by atoms with Gasteiger partial charge in [-0.3, -0.25) is 0 Å². The van der Waals surface area contributed by atoms with Crippen molar-refractivity contribution in [1.82, 2.24) is 9.97 Å². The van der Waals surface area contributed by atoms with Gasteiger partial charge in [-0.1, -0.05) is 141 Å². The van der Waals surface area contributed by atoms with E-state index in [0.717, 1.165) is 39.3 Å². The van der Waals surface area contributed by atoms with Crippen molar-refractivity contribution in [2.24, 2.45) is 0 Å². The second-order valence-electron chi connectivity index (χ2n) is 13.8. The molecule has 0 amide bonds. The van der Waals surface area contributed by atoms with E-state index >= 15 is 0 Å². The van der Waals surface area contributed by atoms with E-state index in [2.05, 4.69) is 166 Å². The van der Waals surface area contributed by atoms with Crippen molar-refractivity contribution in [3.05, 3.63) is 169 Å². The Bertz CT molecular complexity index is 2790. The molecule has 9 aromatic rings. The molecular formula is C47H32N2S. The monoisotopic (exact) mass is 656 g/mol. The lowest BCUT2D eigenvalue weighted by Gasteiger charge is -2.21. The standard InChI is InChI=1S/C47H32N2S/c1-47(2)40-18-10-8-16-35(40)39-26-30(21-25-41(39)47)32-23-24-38(34-15-7-6-14-33(32)34)46-48-42(29-12-4-3-5-13-29)28-43(49-46)31-20-22-37-36-17-9-11-19-44(36)50-45(37)27-31/h3-28H,1-2H3. The summed E-state index contributed by atoms with van der Waals surface area (Å²) in [5.74, 6) is 0.727. The van der Waals surface area contributed by atoms with Crippen LogP contribution >= 0.6 is 11.3 Å². The van der Waals surface area contributed by atoms with Crippen molar-refractivity contribution in [2.75, 3.05) is 0 Å². The third-order valence-corrected chi connectivity index (χ3v) is 11.7. The molecule has 0 aliphatic heterocycles. The fraction of sp³-hybridized carbons (Fsp3) is 0.0638. The Labute approximate surface area is 295 Å². The lowest BCUT2D eigenvalue weighted by atomic mass is 9.82. The zero-order chi connectivity index (χ0) is 33.4. The first-order chi connectivity index (χ1) is 24.5. The van der Waals surface area contributed by atoms with Gasteiger partial charge in [0.05, 0.1) is 11.4 Å². The summed E-state index contributed by atoms with van der Waals surface area (Å²) in [7, 11) is 0. The van der Waals surface area contributed by atoms with Crippen LogP contribution in [0.15, 0.2) is 158 Å². The smallest absolute Gasteiger partial charge is 0.161 e. The predicted molar refractivity (Wildman–Crippen MR) is 212 cm³/mol. The molecule has 2 heterocycles. The van der Waals surface area contributed by atoms with Crippen molar-refractivity contribution < 1.29 is 0 Å². The highest BCUT2D eigenvalue weighted by Gasteiger charge is 2.35. The molecule has 236 valence electrons. The van der Waals surface area contributed by atoms with E-state index in [1.54, 1.807) is 0 Å². The van der Waals surface area contributed by atoms with E-state index < -0.39 is 0 Å². The summed E-state index contributed by atoms with van der Waals surface area (Å²) in [4.78, 5) is 10.5. The van der Waals surface area contributed by atoms with Crippen molar-refractivity contribution in [3.63, 3.8) is 0 Å². The highest BCUT2D eigenvalue weighted by molar-refractivity contribution is 7.25.